The molecular weight excluding hydrogens is 204 g/mol. The first-order chi connectivity index (χ1) is 6.68. The van der Waals surface area contributed by atoms with Gasteiger partial charge in [0.15, 0.2) is 5.82 Å². The molecule has 0 fully saturated rings. The summed E-state index contributed by atoms with van der Waals surface area (Å²) in [5, 5.41) is 4.70. The molecular formula is C10H6F2NS. The summed E-state index contributed by atoms with van der Waals surface area (Å²) in [4.78, 5) is 3.72. The molecule has 0 atom stereocenters. The van der Waals surface area contributed by atoms with E-state index in [2.05, 4.69) is 10.4 Å². The minimum Gasteiger partial charge on any atom is -0.250 e. The molecule has 1 radical (unpaired) electrons. The maximum Gasteiger partial charge on any atom is 0.152 e. The maximum absolute atomic E-state index is 13.3. The number of pyridine rings is 1. The average Bonchev–Trinajstić information content (AvgIpc) is 2.52. The summed E-state index contributed by atoms with van der Waals surface area (Å²) in [6, 6.07) is 0.833. The molecule has 71 valence electrons. The van der Waals surface area contributed by atoms with Gasteiger partial charge in [-0.2, -0.15) is 0 Å². The molecule has 2 aromatic heterocycles. The molecule has 4 heteroatoms. The summed E-state index contributed by atoms with van der Waals surface area (Å²) in [5.41, 5.74) is 1.68. The van der Waals surface area contributed by atoms with Gasteiger partial charge in [-0.05, 0) is 12.5 Å². The van der Waals surface area contributed by atoms with Crippen LogP contribution in [0.3, 0.4) is 0 Å². The van der Waals surface area contributed by atoms with Crippen LogP contribution in [0.1, 0.15) is 5.56 Å². The zero-order valence-corrected chi connectivity index (χ0v) is 8.16. The Morgan fingerprint density at radius 3 is 2.79 bits per heavy atom. The molecule has 1 nitrogen and oxygen atoms in total. The first-order valence-electron chi connectivity index (χ1n) is 3.95. The van der Waals surface area contributed by atoms with E-state index in [1.807, 2.05) is 6.92 Å². The molecule has 0 N–H and O–H groups in total. The largest absolute Gasteiger partial charge is 0.250 e. The SMILES string of the molecule is Cc1[c]scc1-c1ncc(F)cc1F. The molecule has 0 aliphatic rings. The first-order valence-corrected chi connectivity index (χ1v) is 4.83. The third-order valence-corrected chi connectivity index (χ3v) is 2.63. The molecule has 0 aliphatic heterocycles. The minimum absolute atomic E-state index is 0.182. The van der Waals surface area contributed by atoms with Gasteiger partial charge >= 0.3 is 0 Å². The fourth-order valence-corrected chi connectivity index (χ4v) is 1.92. The van der Waals surface area contributed by atoms with Gasteiger partial charge < -0.3 is 0 Å². The third-order valence-electron chi connectivity index (χ3n) is 1.86. The Morgan fingerprint density at radius 1 is 1.43 bits per heavy atom. The van der Waals surface area contributed by atoms with Gasteiger partial charge in [0, 0.05) is 22.4 Å². The zero-order valence-electron chi connectivity index (χ0n) is 7.34. The van der Waals surface area contributed by atoms with Crippen molar-refractivity contribution in [1.82, 2.24) is 4.98 Å². The Kier molecular flexibility index (Phi) is 2.29. The number of rotatable bonds is 1. The first kappa shape index (κ1) is 9.27. The van der Waals surface area contributed by atoms with Gasteiger partial charge in [-0.3, -0.25) is 4.98 Å². The second-order valence-electron chi connectivity index (χ2n) is 2.86. The Morgan fingerprint density at radius 2 is 2.21 bits per heavy atom. The highest BCUT2D eigenvalue weighted by Gasteiger charge is 2.10. The number of thiophene rings is 1. The zero-order chi connectivity index (χ0) is 10.1. The van der Waals surface area contributed by atoms with E-state index in [-0.39, 0.29) is 5.69 Å². The van der Waals surface area contributed by atoms with Crippen LogP contribution < -0.4 is 0 Å². The van der Waals surface area contributed by atoms with Gasteiger partial charge in [0.2, 0.25) is 0 Å². The summed E-state index contributed by atoms with van der Waals surface area (Å²) < 4.78 is 25.9. The molecule has 0 bridgehead atoms. The fourth-order valence-electron chi connectivity index (χ4n) is 1.17. The maximum atomic E-state index is 13.3. The molecule has 0 spiro atoms. The van der Waals surface area contributed by atoms with Crippen LogP contribution in [0.4, 0.5) is 8.78 Å². The van der Waals surface area contributed by atoms with Crippen LogP contribution in [0.5, 0.6) is 0 Å². The summed E-state index contributed by atoms with van der Waals surface area (Å²) >= 11 is 1.35. The van der Waals surface area contributed by atoms with E-state index in [0.29, 0.717) is 5.56 Å². The number of halogens is 2. The van der Waals surface area contributed by atoms with E-state index in [9.17, 15) is 8.78 Å². The van der Waals surface area contributed by atoms with Gasteiger partial charge in [-0.25, -0.2) is 8.78 Å². The molecule has 0 unspecified atom stereocenters. The van der Waals surface area contributed by atoms with Crippen molar-refractivity contribution in [3.05, 3.63) is 40.2 Å². The van der Waals surface area contributed by atoms with Gasteiger partial charge in [0.1, 0.15) is 11.5 Å². The van der Waals surface area contributed by atoms with Gasteiger partial charge in [-0.15, -0.1) is 11.3 Å². The second-order valence-corrected chi connectivity index (χ2v) is 3.54. The van der Waals surface area contributed by atoms with Crippen LogP contribution in [0.2, 0.25) is 0 Å². The predicted molar refractivity (Wildman–Crippen MR) is 51.0 cm³/mol. The minimum atomic E-state index is -0.664. The Bertz CT molecular complexity index is 465. The van der Waals surface area contributed by atoms with Gasteiger partial charge in [0.05, 0.1) is 6.20 Å². The van der Waals surface area contributed by atoms with Crippen molar-refractivity contribution in [3.63, 3.8) is 0 Å². The summed E-state index contributed by atoms with van der Waals surface area (Å²) in [5.74, 6) is -1.30. The lowest BCUT2D eigenvalue weighted by atomic mass is 10.1. The molecule has 14 heavy (non-hydrogen) atoms. The highest BCUT2D eigenvalue weighted by molar-refractivity contribution is 7.07. The standard InChI is InChI=1S/C10H6F2NS/c1-6-4-14-5-8(6)10-9(12)2-7(11)3-13-10/h2-3,5H,1H3. The fraction of sp³-hybridized carbons (Fsp3) is 0.100. The van der Waals surface area contributed by atoms with Crippen molar-refractivity contribution < 1.29 is 8.78 Å². The highest BCUT2D eigenvalue weighted by Crippen LogP contribution is 2.26. The Balaban J connectivity index is 2.58. The van der Waals surface area contributed by atoms with E-state index in [1.165, 1.54) is 11.3 Å². The normalized spacial score (nSPS) is 10.5. The molecule has 0 saturated heterocycles. The smallest absolute Gasteiger partial charge is 0.152 e. The number of aryl methyl sites for hydroxylation is 1. The van der Waals surface area contributed by atoms with Crippen LogP contribution in [-0.4, -0.2) is 4.98 Å². The highest BCUT2D eigenvalue weighted by atomic mass is 32.1. The number of hydrogen-bond donors (Lipinski definition) is 0. The molecule has 0 saturated carbocycles. The molecule has 0 amide bonds. The van der Waals surface area contributed by atoms with E-state index in [4.69, 9.17) is 0 Å². The van der Waals surface area contributed by atoms with Crippen molar-refractivity contribution >= 4 is 11.3 Å². The van der Waals surface area contributed by atoms with Crippen LogP contribution >= 0.6 is 11.3 Å². The monoisotopic (exact) mass is 210 g/mol. The second kappa shape index (κ2) is 3.46. The van der Waals surface area contributed by atoms with Crippen molar-refractivity contribution in [2.75, 3.05) is 0 Å². The van der Waals surface area contributed by atoms with Crippen molar-refractivity contribution in [2.45, 2.75) is 6.92 Å². The number of hydrogen-bond acceptors (Lipinski definition) is 2. The molecule has 2 rings (SSSR count). The van der Waals surface area contributed by atoms with E-state index >= 15 is 0 Å². The average molecular weight is 210 g/mol. The topological polar surface area (TPSA) is 12.9 Å². The molecule has 2 aromatic rings. The van der Waals surface area contributed by atoms with Crippen LogP contribution in [0, 0.1) is 23.9 Å². The Hall–Kier alpha value is -1.29. The lowest BCUT2D eigenvalue weighted by Crippen LogP contribution is -1.90. The van der Waals surface area contributed by atoms with E-state index in [0.717, 1.165) is 17.8 Å². The number of aromatic nitrogens is 1. The Labute approximate surface area is 84.0 Å². The van der Waals surface area contributed by atoms with Gasteiger partial charge in [0.25, 0.3) is 0 Å². The summed E-state index contributed by atoms with van der Waals surface area (Å²) in [7, 11) is 0. The molecule has 2 heterocycles. The third kappa shape index (κ3) is 1.53. The van der Waals surface area contributed by atoms with E-state index < -0.39 is 11.6 Å². The summed E-state index contributed by atoms with van der Waals surface area (Å²) in [6.07, 6.45) is 1.01. The lowest BCUT2D eigenvalue weighted by molar-refractivity contribution is 0.576. The quantitative estimate of drug-likeness (QED) is 0.704. The van der Waals surface area contributed by atoms with Crippen LogP contribution in [0.25, 0.3) is 11.3 Å². The predicted octanol–water partition coefficient (Wildman–Crippen LogP) is 3.20. The van der Waals surface area contributed by atoms with Crippen LogP contribution in [-0.2, 0) is 0 Å². The lowest BCUT2D eigenvalue weighted by Gasteiger charge is -2.00. The molecule has 0 aromatic carbocycles. The van der Waals surface area contributed by atoms with E-state index in [1.54, 1.807) is 5.38 Å². The summed E-state index contributed by atoms with van der Waals surface area (Å²) in [6.45, 7) is 1.82. The van der Waals surface area contributed by atoms with Crippen molar-refractivity contribution in [3.8, 4) is 11.3 Å². The van der Waals surface area contributed by atoms with Crippen LogP contribution in [0.15, 0.2) is 17.6 Å². The molecule has 0 aliphatic carbocycles. The van der Waals surface area contributed by atoms with Gasteiger partial charge in [-0.1, -0.05) is 0 Å². The van der Waals surface area contributed by atoms with Crippen molar-refractivity contribution in [1.29, 1.82) is 0 Å². The van der Waals surface area contributed by atoms with Crippen molar-refractivity contribution in [2.24, 2.45) is 0 Å². The number of nitrogens with zero attached hydrogens (tertiary/aromatic N) is 1.